The first-order chi connectivity index (χ1) is 6.93. The third-order valence-corrected chi connectivity index (χ3v) is 5.90. The molecular formula is C12H24S2. The summed E-state index contributed by atoms with van der Waals surface area (Å²) in [5, 5.41) is 0.986. The molecule has 0 aromatic rings. The minimum Gasteiger partial charge on any atom is -0.0939 e. The number of hydrogen-bond acceptors (Lipinski definition) is 2. The van der Waals surface area contributed by atoms with E-state index in [1.54, 1.807) is 0 Å². The van der Waals surface area contributed by atoms with Crippen LogP contribution in [-0.2, 0) is 0 Å². The van der Waals surface area contributed by atoms with Gasteiger partial charge in [-0.2, -0.15) is 0 Å². The van der Waals surface area contributed by atoms with Crippen LogP contribution < -0.4 is 0 Å². The molecule has 0 radical (unpaired) electrons. The zero-order valence-corrected chi connectivity index (χ0v) is 11.1. The van der Waals surface area contributed by atoms with Gasteiger partial charge in [-0.25, -0.2) is 0 Å². The monoisotopic (exact) mass is 232 g/mol. The molecule has 14 heavy (non-hydrogen) atoms. The molecule has 1 aliphatic rings. The Kier molecular flexibility index (Phi) is 8.18. The van der Waals surface area contributed by atoms with Crippen molar-refractivity contribution in [2.24, 2.45) is 0 Å². The maximum Gasteiger partial charge on any atom is 0.0151 e. The standard InChI is InChI=1S/C12H24S2/c1-2-3-4-8-11-13-14-12-9-6-5-7-10-12/h12H,2-11H2,1H3. The lowest BCUT2D eigenvalue weighted by molar-refractivity contribution is 0.517. The Hall–Kier alpha value is 0.700. The van der Waals surface area contributed by atoms with Crippen molar-refractivity contribution in [3.05, 3.63) is 0 Å². The van der Waals surface area contributed by atoms with E-state index in [1.807, 2.05) is 0 Å². The van der Waals surface area contributed by atoms with Crippen LogP contribution in [0.2, 0.25) is 0 Å². The lowest BCUT2D eigenvalue weighted by Crippen LogP contribution is -2.06. The largest absolute Gasteiger partial charge is 0.0939 e. The highest BCUT2D eigenvalue weighted by Crippen LogP contribution is 2.36. The minimum atomic E-state index is 0.986. The van der Waals surface area contributed by atoms with Crippen LogP contribution in [0.5, 0.6) is 0 Å². The molecule has 1 fully saturated rings. The van der Waals surface area contributed by atoms with Crippen molar-refractivity contribution < 1.29 is 0 Å². The van der Waals surface area contributed by atoms with Gasteiger partial charge in [-0.05, 0) is 19.3 Å². The molecule has 0 saturated heterocycles. The van der Waals surface area contributed by atoms with Gasteiger partial charge in [0, 0.05) is 11.0 Å². The van der Waals surface area contributed by atoms with Crippen molar-refractivity contribution in [3.63, 3.8) is 0 Å². The van der Waals surface area contributed by atoms with Gasteiger partial charge in [-0.15, -0.1) is 0 Å². The molecule has 0 nitrogen and oxygen atoms in total. The summed E-state index contributed by atoms with van der Waals surface area (Å²) in [7, 11) is 4.30. The van der Waals surface area contributed by atoms with Crippen LogP contribution in [0, 0.1) is 0 Å². The third kappa shape index (κ3) is 6.23. The Balaban J connectivity index is 1.82. The molecule has 0 aliphatic heterocycles. The zero-order valence-electron chi connectivity index (χ0n) is 9.46. The molecule has 0 aromatic carbocycles. The van der Waals surface area contributed by atoms with Gasteiger partial charge in [0.1, 0.15) is 0 Å². The van der Waals surface area contributed by atoms with Crippen molar-refractivity contribution in [2.75, 3.05) is 5.75 Å². The van der Waals surface area contributed by atoms with Gasteiger partial charge in [0.15, 0.2) is 0 Å². The number of rotatable bonds is 7. The Labute approximate surface area is 97.4 Å². The summed E-state index contributed by atoms with van der Waals surface area (Å²) in [5.74, 6) is 1.38. The maximum absolute atomic E-state index is 2.28. The van der Waals surface area contributed by atoms with Crippen molar-refractivity contribution in [2.45, 2.75) is 70.0 Å². The Bertz CT molecular complexity index is 119. The predicted octanol–water partition coefficient (Wildman–Crippen LogP) is 5.28. The first-order valence-electron chi connectivity index (χ1n) is 6.21. The Morgan fingerprint density at radius 3 is 2.50 bits per heavy atom. The highest BCUT2D eigenvalue weighted by atomic mass is 33.1. The van der Waals surface area contributed by atoms with E-state index >= 15 is 0 Å². The fraction of sp³-hybridized carbons (Fsp3) is 1.00. The van der Waals surface area contributed by atoms with Crippen molar-refractivity contribution in [1.82, 2.24) is 0 Å². The molecular weight excluding hydrogens is 208 g/mol. The fourth-order valence-electron chi connectivity index (χ4n) is 1.89. The van der Waals surface area contributed by atoms with E-state index in [-0.39, 0.29) is 0 Å². The van der Waals surface area contributed by atoms with Crippen LogP contribution in [0.1, 0.15) is 64.7 Å². The number of unbranched alkanes of at least 4 members (excludes halogenated alkanes) is 3. The maximum atomic E-state index is 2.28. The number of hydrogen-bond donors (Lipinski definition) is 0. The van der Waals surface area contributed by atoms with Gasteiger partial charge in [0.05, 0.1) is 0 Å². The first kappa shape index (κ1) is 12.8. The van der Waals surface area contributed by atoms with Crippen molar-refractivity contribution in [3.8, 4) is 0 Å². The lowest BCUT2D eigenvalue weighted by Gasteiger charge is -2.19. The van der Waals surface area contributed by atoms with Gasteiger partial charge in [-0.1, -0.05) is 67.0 Å². The summed E-state index contributed by atoms with van der Waals surface area (Å²) >= 11 is 0. The van der Waals surface area contributed by atoms with E-state index in [2.05, 4.69) is 28.5 Å². The third-order valence-electron chi connectivity index (χ3n) is 2.84. The Morgan fingerprint density at radius 1 is 1.00 bits per heavy atom. The second-order valence-corrected chi connectivity index (χ2v) is 7.03. The molecule has 0 atom stereocenters. The quantitative estimate of drug-likeness (QED) is 0.432. The van der Waals surface area contributed by atoms with Crippen LogP contribution in [0.4, 0.5) is 0 Å². The van der Waals surface area contributed by atoms with E-state index in [1.165, 1.54) is 63.5 Å². The van der Waals surface area contributed by atoms with Crippen LogP contribution >= 0.6 is 21.6 Å². The molecule has 0 N–H and O–H groups in total. The van der Waals surface area contributed by atoms with Gasteiger partial charge >= 0.3 is 0 Å². The van der Waals surface area contributed by atoms with Crippen LogP contribution in [0.15, 0.2) is 0 Å². The highest BCUT2D eigenvalue weighted by Gasteiger charge is 2.13. The molecule has 0 aromatic heterocycles. The molecule has 1 rings (SSSR count). The summed E-state index contributed by atoms with van der Waals surface area (Å²) in [6.45, 7) is 2.28. The van der Waals surface area contributed by atoms with Crippen LogP contribution in [0.3, 0.4) is 0 Å². The average Bonchev–Trinajstić information content (AvgIpc) is 2.25. The topological polar surface area (TPSA) is 0 Å². The fourth-order valence-corrected chi connectivity index (χ4v) is 4.83. The van der Waals surface area contributed by atoms with Gasteiger partial charge < -0.3 is 0 Å². The Morgan fingerprint density at radius 2 is 1.79 bits per heavy atom. The minimum absolute atomic E-state index is 0.986. The van der Waals surface area contributed by atoms with E-state index in [0.717, 1.165) is 5.25 Å². The lowest BCUT2D eigenvalue weighted by atomic mass is 10.0. The van der Waals surface area contributed by atoms with Crippen molar-refractivity contribution in [1.29, 1.82) is 0 Å². The molecule has 0 bridgehead atoms. The predicted molar refractivity (Wildman–Crippen MR) is 71.1 cm³/mol. The highest BCUT2D eigenvalue weighted by molar-refractivity contribution is 8.76. The molecule has 84 valence electrons. The molecule has 1 saturated carbocycles. The first-order valence-corrected chi connectivity index (χ1v) is 8.60. The van der Waals surface area contributed by atoms with Crippen LogP contribution in [-0.4, -0.2) is 11.0 Å². The second-order valence-electron chi connectivity index (χ2n) is 4.24. The zero-order chi connectivity index (χ0) is 10.1. The van der Waals surface area contributed by atoms with Crippen molar-refractivity contribution >= 4 is 21.6 Å². The normalized spacial score (nSPS) is 18.6. The molecule has 0 heterocycles. The van der Waals surface area contributed by atoms with E-state index in [4.69, 9.17) is 0 Å². The molecule has 2 heteroatoms. The van der Waals surface area contributed by atoms with Gasteiger partial charge in [-0.3, -0.25) is 0 Å². The summed E-state index contributed by atoms with van der Waals surface area (Å²) in [6, 6.07) is 0. The summed E-state index contributed by atoms with van der Waals surface area (Å²) in [5.41, 5.74) is 0. The van der Waals surface area contributed by atoms with Crippen LogP contribution in [0.25, 0.3) is 0 Å². The molecule has 0 unspecified atom stereocenters. The second kappa shape index (κ2) is 8.96. The van der Waals surface area contributed by atoms with Gasteiger partial charge in [0.2, 0.25) is 0 Å². The smallest absolute Gasteiger partial charge is 0.0151 e. The molecule has 0 amide bonds. The summed E-state index contributed by atoms with van der Waals surface area (Å²) in [4.78, 5) is 0. The van der Waals surface area contributed by atoms with E-state index < -0.39 is 0 Å². The SMILES string of the molecule is CCCCCCSSC1CCCCC1. The van der Waals surface area contributed by atoms with E-state index in [9.17, 15) is 0 Å². The van der Waals surface area contributed by atoms with E-state index in [0.29, 0.717) is 0 Å². The molecule has 0 spiro atoms. The average molecular weight is 232 g/mol. The summed E-state index contributed by atoms with van der Waals surface area (Å²) in [6.07, 6.45) is 13.1. The van der Waals surface area contributed by atoms with Gasteiger partial charge in [0.25, 0.3) is 0 Å². The summed E-state index contributed by atoms with van der Waals surface area (Å²) < 4.78 is 0. The molecule has 1 aliphatic carbocycles.